The van der Waals surface area contributed by atoms with E-state index in [0.717, 1.165) is 6.04 Å². The van der Waals surface area contributed by atoms with E-state index in [2.05, 4.69) is 36.5 Å². The number of fused-ring (bicyclic) bond motifs is 1. The Bertz CT molecular complexity index is 906. The molecule has 0 aliphatic carbocycles. The van der Waals surface area contributed by atoms with E-state index in [1.54, 1.807) is 19.9 Å². The Morgan fingerprint density at radius 3 is 2.65 bits per heavy atom. The minimum atomic E-state index is -1.18. The number of nitriles is 1. The molecule has 2 aromatic rings. The number of aliphatic hydroxyl groups is 1. The van der Waals surface area contributed by atoms with E-state index in [-0.39, 0.29) is 0 Å². The van der Waals surface area contributed by atoms with Gasteiger partial charge in [-0.2, -0.15) is 5.26 Å². The summed E-state index contributed by atoms with van der Waals surface area (Å²) in [6, 6.07) is 4.88. The van der Waals surface area contributed by atoms with Gasteiger partial charge in [-0.3, -0.25) is 4.57 Å². The van der Waals surface area contributed by atoms with Crippen LogP contribution in [0.1, 0.15) is 25.1 Å². The van der Waals surface area contributed by atoms with E-state index < -0.39 is 13.7 Å². The lowest BCUT2D eigenvalue weighted by atomic mass is 10.1. The molecule has 138 valence electrons. The van der Waals surface area contributed by atoms with Crippen molar-refractivity contribution < 1.29 is 9.84 Å². The van der Waals surface area contributed by atoms with Gasteiger partial charge in [0, 0.05) is 26.3 Å². The quantitative estimate of drug-likeness (QED) is 0.476. The molecule has 0 aromatic carbocycles. The molecule has 5 nitrogen and oxygen atoms in total. The van der Waals surface area contributed by atoms with Crippen LogP contribution in [-0.4, -0.2) is 34.9 Å². The van der Waals surface area contributed by atoms with Gasteiger partial charge < -0.3 is 9.84 Å². The molecule has 0 fully saturated rings. The zero-order valence-corrected chi connectivity index (χ0v) is 17.6. The summed E-state index contributed by atoms with van der Waals surface area (Å²) in [6.45, 7) is 11.1. The average Bonchev–Trinajstić information content (AvgIpc) is 2.87. The lowest BCUT2D eigenvalue weighted by Gasteiger charge is -2.16. The number of nitrogens with zero attached hydrogens (tertiary/aromatic N) is 3. The first kappa shape index (κ1) is 20.5. The lowest BCUT2D eigenvalue weighted by molar-refractivity contribution is 0.0893. The first-order valence-corrected chi connectivity index (χ1v) is 12.5. The highest BCUT2D eigenvalue weighted by Gasteiger charge is 2.16. The molecule has 0 saturated heterocycles. The molecule has 0 unspecified atom stereocenters. The first-order chi connectivity index (χ1) is 12.0. The van der Waals surface area contributed by atoms with E-state index in [0.29, 0.717) is 40.7 Å². The Balaban J connectivity index is 2.42. The molecule has 2 aromatic heterocycles. The smallest absolute Gasteiger partial charge is 0.144 e. The predicted octanol–water partition coefficient (Wildman–Crippen LogP) is 4.00. The fourth-order valence-corrected chi connectivity index (χ4v) is 3.22. The third-order valence-electron chi connectivity index (χ3n) is 3.69. The maximum absolute atomic E-state index is 9.89. The van der Waals surface area contributed by atoms with E-state index in [1.165, 1.54) is 6.20 Å². The minimum absolute atomic E-state index is 0.291. The summed E-state index contributed by atoms with van der Waals surface area (Å²) in [4.78, 5) is 4.36. The predicted molar refractivity (Wildman–Crippen MR) is 107 cm³/mol. The molecule has 0 aliphatic rings. The standard InChI is InChI=1S/C19H24ClN3O2Si/c1-19(2,24)7-6-15-10-16-17(20)14(11-21)12-22-18(16)23(15)13-25-8-9-26(3,4)5/h10,12,24H,8-9,13H2,1-5H3. The van der Waals surface area contributed by atoms with Crippen LogP contribution < -0.4 is 0 Å². The van der Waals surface area contributed by atoms with E-state index in [4.69, 9.17) is 21.6 Å². The second-order valence-corrected chi connectivity index (χ2v) is 13.9. The molecule has 0 radical (unpaired) electrons. The van der Waals surface area contributed by atoms with Crippen LogP contribution in [0, 0.1) is 23.2 Å². The largest absolute Gasteiger partial charge is 0.378 e. The van der Waals surface area contributed by atoms with E-state index in [1.807, 2.05) is 10.6 Å². The van der Waals surface area contributed by atoms with Gasteiger partial charge >= 0.3 is 0 Å². The number of halogens is 1. The van der Waals surface area contributed by atoms with Crippen molar-refractivity contribution in [3.05, 3.63) is 28.5 Å². The molecule has 0 atom stereocenters. The van der Waals surface area contributed by atoms with Gasteiger partial charge in [0.15, 0.2) is 0 Å². The van der Waals surface area contributed by atoms with Crippen molar-refractivity contribution in [2.75, 3.05) is 6.61 Å². The average molecular weight is 390 g/mol. The molecular weight excluding hydrogens is 366 g/mol. The second kappa shape index (κ2) is 7.81. The zero-order valence-electron chi connectivity index (χ0n) is 15.9. The fourth-order valence-electron chi connectivity index (χ4n) is 2.23. The Hall–Kier alpha value is -1.83. The molecule has 7 heteroatoms. The summed E-state index contributed by atoms with van der Waals surface area (Å²) in [5, 5.41) is 20.0. The molecule has 0 aliphatic heterocycles. The van der Waals surface area contributed by atoms with Crippen molar-refractivity contribution in [1.29, 1.82) is 5.26 Å². The van der Waals surface area contributed by atoms with Gasteiger partial charge in [-0.15, -0.1) is 0 Å². The molecule has 0 saturated carbocycles. The number of hydrogen-bond acceptors (Lipinski definition) is 4. The summed E-state index contributed by atoms with van der Waals surface area (Å²) in [5.41, 5.74) is 0.453. The van der Waals surface area contributed by atoms with Crippen LogP contribution in [0.2, 0.25) is 30.7 Å². The summed E-state index contributed by atoms with van der Waals surface area (Å²) in [7, 11) is -1.18. The van der Waals surface area contributed by atoms with Crippen LogP contribution in [0.15, 0.2) is 12.3 Å². The van der Waals surface area contributed by atoms with Crippen LogP contribution in [0.3, 0.4) is 0 Å². The number of aromatic nitrogens is 2. The molecule has 1 N–H and O–H groups in total. The second-order valence-electron chi connectivity index (χ2n) is 7.95. The van der Waals surface area contributed by atoms with Crippen LogP contribution >= 0.6 is 11.6 Å². The molecular formula is C19H24ClN3O2Si. The molecule has 0 spiro atoms. The van der Waals surface area contributed by atoms with Crippen molar-refractivity contribution in [3.8, 4) is 17.9 Å². The number of rotatable bonds is 5. The van der Waals surface area contributed by atoms with Gasteiger partial charge in [0.05, 0.1) is 16.3 Å². The van der Waals surface area contributed by atoms with Crippen molar-refractivity contribution in [2.45, 2.75) is 51.9 Å². The van der Waals surface area contributed by atoms with Crippen molar-refractivity contribution in [3.63, 3.8) is 0 Å². The maximum Gasteiger partial charge on any atom is 0.144 e. The number of pyridine rings is 1. The van der Waals surface area contributed by atoms with Crippen LogP contribution in [0.4, 0.5) is 0 Å². The first-order valence-electron chi connectivity index (χ1n) is 8.43. The SMILES string of the molecule is CC(C)(O)C#Cc1cc2c(Cl)c(C#N)cnc2n1COCC[Si](C)(C)C. The van der Waals surface area contributed by atoms with Gasteiger partial charge in [-0.05, 0) is 31.9 Å². The zero-order chi connectivity index (χ0) is 19.5. The van der Waals surface area contributed by atoms with Gasteiger partial charge in [0.2, 0.25) is 0 Å². The van der Waals surface area contributed by atoms with Gasteiger partial charge in [0.25, 0.3) is 0 Å². The van der Waals surface area contributed by atoms with Crippen LogP contribution in [0.5, 0.6) is 0 Å². The summed E-state index contributed by atoms with van der Waals surface area (Å²) < 4.78 is 7.68. The Labute approximate surface area is 160 Å². The topological polar surface area (TPSA) is 71.1 Å². The minimum Gasteiger partial charge on any atom is -0.378 e. The monoisotopic (exact) mass is 389 g/mol. The highest BCUT2D eigenvalue weighted by Crippen LogP contribution is 2.28. The molecule has 26 heavy (non-hydrogen) atoms. The Kier molecular flexibility index (Phi) is 6.15. The summed E-state index contributed by atoms with van der Waals surface area (Å²) in [6.07, 6.45) is 1.45. The van der Waals surface area contributed by atoms with Crippen LogP contribution in [0.25, 0.3) is 11.0 Å². The van der Waals surface area contributed by atoms with Crippen LogP contribution in [-0.2, 0) is 11.5 Å². The highest BCUT2D eigenvalue weighted by atomic mass is 35.5. The van der Waals surface area contributed by atoms with Gasteiger partial charge in [-0.25, -0.2) is 4.98 Å². The molecule has 2 rings (SSSR count). The third kappa shape index (κ3) is 5.33. The summed E-state index contributed by atoms with van der Waals surface area (Å²) in [5.74, 6) is 5.78. The van der Waals surface area contributed by atoms with E-state index in [9.17, 15) is 5.11 Å². The highest BCUT2D eigenvalue weighted by molar-refractivity contribution is 6.76. The number of hydrogen-bond donors (Lipinski definition) is 1. The van der Waals surface area contributed by atoms with Crippen molar-refractivity contribution in [2.24, 2.45) is 0 Å². The summed E-state index contributed by atoms with van der Waals surface area (Å²) >= 11 is 6.33. The molecule has 0 amide bonds. The third-order valence-corrected chi connectivity index (χ3v) is 5.80. The molecule has 2 heterocycles. The fraction of sp³-hybridized carbons (Fsp3) is 0.474. The van der Waals surface area contributed by atoms with Crippen molar-refractivity contribution in [1.82, 2.24) is 9.55 Å². The Morgan fingerprint density at radius 2 is 2.08 bits per heavy atom. The maximum atomic E-state index is 9.89. The lowest BCUT2D eigenvalue weighted by Crippen LogP contribution is -2.22. The van der Waals surface area contributed by atoms with Crippen molar-refractivity contribution >= 4 is 30.7 Å². The number of ether oxygens (including phenoxy) is 1. The van der Waals surface area contributed by atoms with Gasteiger partial charge in [0.1, 0.15) is 24.0 Å². The van der Waals surface area contributed by atoms with Gasteiger partial charge in [-0.1, -0.05) is 37.2 Å². The molecule has 0 bridgehead atoms. The van der Waals surface area contributed by atoms with E-state index >= 15 is 0 Å². The normalized spacial score (nSPS) is 11.9. The Morgan fingerprint density at radius 1 is 1.38 bits per heavy atom.